The molecule has 2 N–H and O–H groups in total. The van der Waals surface area contributed by atoms with Gasteiger partial charge in [0.1, 0.15) is 0 Å². The van der Waals surface area contributed by atoms with Crippen LogP contribution in [0.3, 0.4) is 0 Å². The van der Waals surface area contributed by atoms with Gasteiger partial charge in [0.2, 0.25) is 11.9 Å². The van der Waals surface area contributed by atoms with Crippen LogP contribution in [-0.2, 0) is 4.74 Å². The van der Waals surface area contributed by atoms with Gasteiger partial charge in [-0.05, 0) is 115 Å². The Morgan fingerprint density at radius 3 is 1.83 bits per heavy atom. The minimum Gasteiger partial charge on any atom is -0.377 e. The molecular weight excluding hydrogens is 606 g/mol. The normalized spacial score (nSPS) is 24.3. The van der Waals surface area contributed by atoms with Crippen molar-refractivity contribution in [1.29, 1.82) is 0 Å². The number of hydrogen-bond acceptors (Lipinski definition) is 9. The molecule has 12 nitrogen and oxygen atoms in total. The SMILES string of the molecule is C[C@@H]1CC[C@H](C)N1c1nc(-c2ccc(NC(=O)Nc3ccc(C(=O)N4CCC(N(C)C)CC4)cc3)cc2)nc(N2C3CCC2COC3)n1. The quantitative estimate of drug-likeness (QED) is 0.359. The summed E-state index contributed by atoms with van der Waals surface area (Å²) in [6, 6.07) is 16.1. The average Bonchev–Trinajstić information content (AvgIpc) is 3.57. The molecule has 48 heavy (non-hydrogen) atoms. The summed E-state index contributed by atoms with van der Waals surface area (Å²) in [5.74, 6) is 2.10. The van der Waals surface area contributed by atoms with Crippen LogP contribution < -0.4 is 20.4 Å². The van der Waals surface area contributed by atoms with E-state index in [0.717, 1.165) is 69.1 Å². The number of hydrogen-bond donors (Lipinski definition) is 2. The molecule has 2 bridgehead atoms. The highest BCUT2D eigenvalue weighted by molar-refractivity contribution is 6.00. The Labute approximate surface area is 282 Å². The molecule has 7 rings (SSSR count). The fraction of sp³-hybridized carbons (Fsp3) is 0.528. The highest BCUT2D eigenvalue weighted by Crippen LogP contribution is 2.35. The first-order valence-electron chi connectivity index (χ1n) is 17.4. The van der Waals surface area contributed by atoms with Crippen molar-refractivity contribution in [2.45, 2.75) is 82.6 Å². The van der Waals surface area contributed by atoms with Crippen LogP contribution in [0.15, 0.2) is 48.5 Å². The number of rotatable bonds is 7. The smallest absolute Gasteiger partial charge is 0.323 e. The minimum atomic E-state index is -0.364. The number of urea groups is 1. The summed E-state index contributed by atoms with van der Waals surface area (Å²) >= 11 is 0. The summed E-state index contributed by atoms with van der Waals surface area (Å²) in [7, 11) is 4.18. The molecule has 2 aromatic carbocycles. The predicted molar refractivity (Wildman–Crippen MR) is 188 cm³/mol. The minimum absolute atomic E-state index is 0.0301. The molecule has 4 aliphatic rings. The molecule has 0 radical (unpaired) electrons. The Hall–Kier alpha value is -4.29. The second-order valence-electron chi connectivity index (χ2n) is 14.0. The molecule has 0 saturated carbocycles. The van der Waals surface area contributed by atoms with Crippen LogP contribution in [0.4, 0.5) is 28.1 Å². The van der Waals surface area contributed by atoms with Gasteiger partial charge in [0, 0.05) is 53.7 Å². The first kappa shape index (κ1) is 32.3. The van der Waals surface area contributed by atoms with Crippen LogP contribution in [0.25, 0.3) is 11.4 Å². The number of carbonyl (C=O) groups is 2. The number of nitrogens with one attached hydrogen (secondary N) is 2. The Balaban J connectivity index is 1.01. The van der Waals surface area contributed by atoms with Crippen molar-refractivity contribution in [3.8, 4) is 11.4 Å². The number of amides is 3. The topological polar surface area (TPSA) is 119 Å². The number of ether oxygens (including phenoxy) is 1. The number of anilines is 4. The summed E-state index contributed by atoms with van der Waals surface area (Å²) in [6.07, 6.45) is 6.34. The number of aromatic nitrogens is 3. The lowest BCUT2D eigenvalue weighted by atomic mass is 10.0. The lowest BCUT2D eigenvalue weighted by Crippen LogP contribution is -2.47. The number of carbonyl (C=O) groups excluding carboxylic acids is 2. The summed E-state index contributed by atoms with van der Waals surface area (Å²) in [4.78, 5) is 49.7. The van der Waals surface area contributed by atoms with Gasteiger partial charge in [-0.3, -0.25) is 4.79 Å². The van der Waals surface area contributed by atoms with Gasteiger partial charge in [-0.1, -0.05) is 0 Å². The first-order valence-corrected chi connectivity index (χ1v) is 17.4. The Morgan fingerprint density at radius 2 is 1.27 bits per heavy atom. The molecule has 2 unspecified atom stereocenters. The van der Waals surface area contributed by atoms with E-state index in [1.807, 2.05) is 29.2 Å². The number of morpholine rings is 1. The third-order valence-electron chi connectivity index (χ3n) is 10.5. The number of fused-ring (bicyclic) bond motifs is 2. The zero-order chi connectivity index (χ0) is 33.4. The molecule has 4 atom stereocenters. The Morgan fingerprint density at radius 1 is 0.729 bits per heavy atom. The Bertz CT molecular complexity index is 1580. The van der Waals surface area contributed by atoms with Crippen molar-refractivity contribution < 1.29 is 14.3 Å². The largest absolute Gasteiger partial charge is 0.377 e. The van der Waals surface area contributed by atoms with Gasteiger partial charge < -0.3 is 35.0 Å². The van der Waals surface area contributed by atoms with E-state index in [-0.39, 0.29) is 24.0 Å². The van der Waals surface area contributed by atoms with Gasteiger partial charge in [0.15, 0.2) is 5.82 Å². The van der Waals surface area contributed by atoms with Gasteiger partial charge in [-0.2, -0.15) is 15.0 Å². The number of piperidine rings is 1. The molecule has 4 aliphatic heterocycles. The van der Waals surface area contributed by atoms with Gasteiger partial charge in [0.25, 0.3) is 5.91 Å². The highest BCUT2D eigenvalue weighted by atomic mass is 16.5. The molecular formula is C36H47N9O3. The van der Waals surface area contributed by atoms with Crippen molar-refractivity contribution in [3.63, 3.8) is 0 Å². The van der Waals surface area contributed by atoms with E-state index >= 15 is 0 Å². The van der Waals surface area contributed by atoms with Gasteiger partial charge in [-0.25, -0.2) is 4.79 Å². The van der Waals surface area contributed by atoms with E-state index in [0.29, 0.717) is 54.1 Å². The zero-order valence-electron chi connectivity index (χ0n) is 28.4. The van der Waals surface area contributed by atoms with Crippen LogP contribution >= 0.6 is 0 Å². The molecule has 4 saturated heterocycles. The number of nitrogens with zero attached hydrogens (tertiary/aromatic N) is 7. The summed E-state index contributed by atoms with van der Waals surface area (Å²) in [5, 5.41) is 5.78. The lowest BCUT2D eigenvalue weighted by molar-refractivity contribution is 0.0663. The standard InChI is InChI=1S/C36H47N9O3/c1-23-5-6-24(2)44(23)34-39-32(40-35(41-34)45-30-15-16-31(45)22-48-21-30)25-7-11-27(12-8-25)37-36(47)38-28-13-9-26(10-14-28)33(46)43-19-17-29(18-20-43)42(3)4/h7-14,23-24,29-31H,5-6,15-22H2,1-4H3,(H2,37,38,47)/t23-,24+,30?,31?. The second-order valence-corrected chi connectivity index (χ2v) is 14.0. The van der Waals surface area contributed by atoms with Crippen LogP contribution in [-0.4, -0.2) is 107 Å². The maximum absolute atomic E-state index is 13.0. The zero-order valence-corrected chi connectivity index (χ0v) is 28.4. The fourth-order valence-corrected chi connectivity index (χ4v) is 7.72. The summed E-state index contributed by atoms with van der Waals surface area (Å²) in [5.41, 5.74) is 2.74. The van der Waals surface area contributed by atoms with Crippen molar-refractivity contribution in [3.05, 3.63) is 54.1 Å². The molecule has 0 spiro atoms. The van der Waals surface area contributed by atoms with Crippen LogP contribution in [0, 0.1) is 0 Å². The van der Waals surface area contributed by atoms with E-state index in [4.69, 9.17) is 19.7 Å². The number of benzene rings is 2. The molecule has 4 fully saturated rings. The van der Waals surface area contributed by atoms with Gasteiger partial charge >= 0.3 is 6.03 Å². The van der Waals surface area contributed by atoms with Crippen molar-refractivity contribution in [2.75, 3.05) is 60.8 Å². The molecule has 3 aromatic rings. The van der Waals surface area contributed by atoms with E-state index in [2.05, 4.69) is 53.3 Å². The third-order valence-corrected chi connectivity index (χ3v) is 10.5. The van der Waals surface area contributed by atoms with E-state index in [9.17, 15) is 9.59 Å². The third kappa shape index (κ3) is 6.68. The molecule has 1 aromatic heterocycles. The molecule has 5 heterocycles. The highest BCUT2D eigenvalue weighted by Gasteiger charge is 2.40. The maximum atomic E-state index is 13.0. The summed E-state index contributed by atoms with van der Waals surface area (Å²) in [6.45, 7) is 7.38. The van der Waals surface area contributed by atoms with Crippen molar-refractivity contribution in [1.82, 2.24) is 24.8 Å². The van der Waals surface area contributed by atoms with Crippen molar-refractivity contribution in [2.24, 2.45) is 0 Å². The molecule has 0 aliphatic carbocycles. The Kier molecular flexibility index (Phi) is 9.19. The molecule has 12 heteroatoms. The van der Waals surface area contributed by atoms with Gasteiger partial charge in [-0.15, -0.1) is 0 Å². The molecule has 3 amide bonds. The van der Waals surface area contributed by atoms with Crippen LogP contribution in [0.2, 0.25) is 0 Å². The van der Waals surface area contributed by atoms with E-state index in [1.165, 1.54) is 0 Å². The average molecular weight is 654 g/mol. The predicted octanol–water partition coefficient (Wildman–Crippen LogP) is 5.09. The molecule has 254 valence electrons. The summed E-state index contributed by atoms with van der Waals surface area (Å²) < 4.78 is 5.84. The van der Waals surface area contributed by atoms with E-state index < -0.39 is 0 Å². The number of likely N-dealkylation sites (tertiary alicyclic amines) is 1. The first-order chi connectivity index (χ1) is 23.2. The van der Waals surface area contributed by atoms with Gasteiger partial charge in [0.05, 0.1) is 25.3 Å². The monoisotopic (exact) mass is 653 g/mol. The van der Waals surface area contributed by atoms with Crippen LogP contribution in [0.1, 0.15) is 62.7 Å². The second kappa shape index (κ2) is 13.7. The lowest BCUT2D eigenvalue weighted by Gasteiger charge is -2.35. The fourth-order valence-electron chi connectivity index (χ4n) is 7.72. The van der Waals surface area contributed by atoms with Crippen molar-refractivity contribution >= 4 is 35.2 Å². The van der Waals surface area contributed by atoms with E-state index in [1.54, 1.807) is 24.3 Å². The van der Waals surface area contributed by atoms with Crippen LogP contribution in [0.5, 0.6) is 0 Å². The maximum Gasteiger partial charge on any atom is 0.323 e.